The van der Waals surface area contributed by atoms with E-state index in [2.05, 4.69) is 0 Å². The van der Waals surface area contributed by atoms with Gasteiger partial charge in [-0.1, -0.05) is 6.07 Å². The number of hydrogen-bond donors (Lipinski definition) is 0. The molecule has 2 heteroatoms. The molecule has 4 saturated carbocycles. The van der Waals surface area contributed by atoms with E-state index in [1.54, 1.807) is 6.07 Å². The Bertz CT molecular complexity index is 539. The first-order chi connectivity index (χ1) is 9.56. The first-order valence-corrected chi connectivity index (χ1v) is 7.87. The van der Waals surface area contributed by atoms with Gasteiger partial charge in [-0.05, 0) is 80.9 Å². The molecule has 0 atom stereocenters. The van der Waals surface area contributed by atoms with Gasteiger partial charge >= 0.3 is 0 Å². The van der Waals surface area contributed by atoms with Crippen molar-refractivity contribution in [3.63, 3.8) is 0 Å². The van der Waals surface area contributed by atoms with E-state index in [4.69, 9.17) is 0 Å². The number of aryl methyl sites for hydroxylation is 1. The molecule has 20 heavy (non-hydrogen) atoms. The molecule has 1 nitrogen and oxygen atoms in total. The maximum atomic E-state index is 13.5. The first-order valence-electron chi connectivity index (χ1n) is 7.87. The summed E-state index contributed by atoms with van der Waals surface area (Å²) in [6.45, 7) is 1.92. The van der Waals surface area contributed by atoms with Crippen LogP contribution in [-0.4, -0.2) is 5.78 Å². The number of Topliss-reactive ketones (excluding diaryl/α,β-unsaturated/α-hetero) is 1. The molecule has 0 unspecified atom stereocenters. The van der Waals surface area contributed by atoms with Crippen LogP contribution in [0.3, 0.4) is 0 Å². The molecule has 5 rings (SSSR count). The lowest BCUT2D eigenvalue weighted by Gasteiger charge is -2.56. The quantitative estimate of drug-likeness (QED) is 0.723. The molecule has 0 radical (unpaired) electrons. The number of carbonyl (C=O) groups is 1. The van der Waals surface area contributed by atoms with Crippen LogP contribution < -0.4 is 0 Å². The standard InChI is InChI=1S/C18H21FO/c1-11-2-3-15(19)7-16(11)17(20)18-8-12-4-13(9-18)6-14(5-12)10-18/h2-3,7,12-14H,4-6,8-10H2,1H3. The minimum Gasteiger partial charge on any atom is -0.294 e. The van der Waals surface area contributed by atoms with Gasteiger partial charge in [0.2, 0.25) is 0 Å². The van der Waals surface area contributed by atoms with Crippen molar-refractivity contribution < 1.29 is 9.18 Å². The van der Waals surface area contributed by atoms with E-state index in [0.717, 1.165) is 42.6 Å². The summed E-state index contributed by atoms with van der Waals surface area (Å²) in [4.78, 5) is 13.1. The van der Waals surface area contributed by atoms with Crippen LogP contribution in [0.15, 0.2) is 18.2 Å². The van der Waals surface area contributed by atoms with Gasteiger partial charge in [0.05, 0.1) is 0 Å². The smallest absolute Gasteiger partial charge is 0.169 e. The van der Waals surface area contributed by atoms with Crippen LogP contribution >= 0.6 is 0 Å². The molecule has 4 bridgehead atoms. The molecule has 4 fully saturated rings. The molecule has 0 aromatic heterocycles. The van der Waals surface area contributed by atoms with Crippen LogP contribution in [0.1, 0.15) is 54.4 Å². The summed E-state index contributed by atoms with van der Waals surface area (Å²) < 4.78 is 13.5. The molecule has 106 valence electrons. The average molecular weight is 272 g/mol. The van der Waals surface area contributed by atoms with Gasteiger partial charge in [-0.25, -0.2) is 4.39 Å². The molecule has 0 spiro atoms. The molecule has 1 aromatic rings. The highest BCUT2D eigenvalue weighted by atomic mass is 19.1. The van der Waals surface area contributed by atoms with Gasteiger partial charge in [0, 0.05) is 11.0 Å². The lowest BCUT2D eigenvalue weighted by molar-refractivity contribution is -0.0353. The molecule has 1 aromatic carbocycles. The Kier molecular flexibility index (Phi) is 2.61. The van der Waals surface area contributed by atoms with Crippen LogP contribution in [0.2, 0.25) is 0 Å². The van der Waals surface area contributed by atoms with Crippen LogP contribution in [0, 0.1) is 35.9 Å². The molecule has 0 aliphatic heterocycles. The largest absolute Gasteiger partial charge is 0.294 e. The number of hydrogen-bond acceptors (Lipinski definition) is 1. The minimum absolute atomic E-state index is 0.159. The predicted molar refractivity (Wildman–Crippen MR) is 76.1 cm³/mol. The third-order valence-electron chi connectivity index (χ3n) is 5.96. The number of benzene rings is 1. The summed E-state index contributed by atoms with van der Waals surface area (Å²) in [5.41, 5.74) is 1.40. The van der Waals surface area contributed by atoms with Gasteiger partial charge in [-0.2, -0.15) is 0 Å². The topological polar surface area (TPSA) is 17.1 Å². The Labute approximate surface area is 119 Å². The minimum atomic E-state index is -0.288. The summed E-state index contributed by atoms with van der Waals surface area (Å²) in [6, 6.07) is 4.64. The zero-order valence-corrected chi connectivity index (χ0v) is 12.0. The molecule has 0 saturated heterocycles. The Hall–Kier alpha value is -1.18. The highest BCUT2D eigenvalue weighted by Crippen LogP contribution is 2.61. The highest BCUT2D eigenvalue weighted by molar-refractivity contribution is 6.02. The van der Waals surface area contributed by atoms with Crippen molar-refractivity contribution in [2.75, 3.05) is 0 Å². The molecule has 4 aliphatic rings. The SMILES string of the molecule is Cc1ccc(F)cc1C(=O)C12CC3CC(CC(C3)C1)C2. The number of ketones is 1. The van der Waals surface area contributed by atoms with E-state index >= 15 is 0 Å². The van der Waals surface area contributed by atoms with Crippen molar-refractivity contribution >= 4 is 5.78 Å². The summed E-state index contributed by atoms with van der Waals surface area (Å²) in [7, 11) is 0. The summed E-state index contributed by atoms with van der Waals surface area (Å²) in [5.74, 6) is 2.19. The van der Waals surface area contributed by atoms with Crippen molar-refractivity contribution in [3.05, 3.63) is 35.1 Å². The van der Waals surface area contributed by atoms with Crippen LogP contribution in [0.25, 0.3) is 0 Å². The fraction of sp³-hybridized carbons (Fsp3) is 0.611. The summed E-state index contributed by atoms with van der Waals surface area (Å²) >= 11 is 0. The third kappa shape index (κ3) is 1.77. The monoisotopic (exact) mass is 272 g/mol. The Morgan fingerprint density at radius 2 is 1.65 bits per heavy atom. The maximum absolute atomic E-state index is 13.5. The highest BCUT2D eigenvalue weighted by Gasteiger charge is 2.54. The number of halogens is 1. The van der Waals surface area contributed by atoms with Gasteiger partial charge in [-0.15, -0.1) is 0 Å². The summed E-state index contributed by atoms with van der Waals surface area (Å²) in [6.07, 6.45) is 7.13. The van der Waals surface area contributed by atoms with E-state index in [-0.39, 0.29) is 17.0 Å². The maximum Gasteiger partial charge on any atom is 0.169 e. The lowest BCUT2D eigenvalue weighted by Crippen LogP contribution is -2.50. The number of carbonyl (C=O) groups excluding carboxylic acids is 1. The van der Waals surface area contributed by atoms with Crippen molar-refractivity contribution in [2.45, 2.75) is 45.4 Å². The molecular weight excluding hydrogens is 251 g/mol. The second kappa shape index (κ2) is 4.16. The van der Waals surface area contributed by atoms with E-state index < -0.39 is 0 Å². The van der Waals surface area contributed by atoms with E-state index in [9.17, 15) is 9.18 Å². The summed E-state index contributed by atoms with van der Waals surface area (Å²) in [5, 5.41) is 0. The fourth-order valence-corrected chi connectivity index (χ4v) is 5.51. The molecule has 4 aliphatic carbocycles. The normalized spacial score (nSPS) is 38.2. The van der Waals surface area contributed by atoms with E-state index in [1.165, 1.54) is 31.4 Å². The van der Waals surface area contributed by atoms with Crippen molar-refractivity contribution in [1.82, 2.24) is 0 Å². The fourth-order valence-electron chi connectivity index (χ4n) is 5.51. The second-order valence-corrected chi connectivity index (χ2v) is 7.49. The Balaban J connectivity index is 1.73. The predicted octanol–water partition coefficient (Wildman–Crippen LogP) is 4.53. The van der Waals surface area contributed by atoms with Gasteiger partial charge < -0.3 is 0 Å². The second-order valence-electron chi connectivity index (χ2n) is 7.49. The van der Waals surface area contributed by atoms with Crippen LogP contribution in [0.5, 0.6) is 0 Å². The van der Waals surface area contributed by atoms with Crippen molar-refractivity contribution in [3.8, 4) is 0 Å². The molecular formula is C18H21FO. The average Bonchev–Trinajstić information content (AvgIpc) is 2.39. The lowest BCUT2D eigenvalue weighted by atomic mass is 9.48. The molecule has 0 amide bonds. The van der Waals surface area contributed by atoms with Gasteiger partial charge in [0.25, 0.3) is 0 Å². The number of rotatable bonds is 2. The molecule has 0 N–H and O–H groups in total. The van der Waals surface area contributed by atoms with E-state index in [1.807, 2.05) is 6.92 Å². The molecule has 0 heterocycles. The van der Waals surface area contributed by atoms with Crippen molar-refractivity contribution in [2.24, 2.45) is 23.2 Å². The van der Waals surface area contributed by atoms with Crippen LogP contribution in [-0.2, 0) is 0 Å². The van der Waals surface area contributed by atoms with Crippen molar-refractivity contribution in [1.29, 1.82) is 0 Å². The van der Waals surface area contributed by atoms with Gasteiger partial charge in [0.1, 0.15) is 5.82 Å². The third-order valence-corrected chi connectivity index (χ3v) is 5.96. The Morgan fingerprint density at radius 1 is 1.10 bits per heavy atom. The van der Waals surface area contributed by atoms with Gasteiger partial charge in [0.15, 0.2) is 5.78 Å². The Morgan fingerprint density at radius 3 is 2.20 bits per heavy atom. The van der Waals surface area contributed by atoms with E-state index in [0.29, 0.717) is 5.56 Å². The first kappa shape index (κ1) is 12.6. The zero-order chi connectivity index (χ0) is 13.9. The van der Waals surface area contributed by atoms with Gasteiger partial charge in [-0.3, -0.25) is 4.79 Å². The van der Waals surface area contributed by atoms with Crippen LogP contribution in [0.4, 0.5) is 4.39 Å². The zero-order valence-electron chi connectivity index (χ0n) is 12.0.